The number of carbonyl (C=O) groups is 2. The molecule has 1 aliphatic rings. The Morgan fingerprint density at radius 3 is 2.29 bits per heavy atom. The average molecular weight is 301 g/mol. The van der Waals surface area contributed by atoms with Crippen molar-refractivity contribution in [2.75, 3.05) is 11.5 Å². The van der Waals surface area contributed by atoms with Gasteiger partial charge in [-0.1, -0.05) is 6.07 Å². The molecule has 0 spiro atoms. The number of anilines is 1. The summed E-state index contributed by atoms with van der Waals surface area (Å²) in [4.78, 5) is 28.2. The number of nitrogens with zero attached hydrogens (tertiary/aromatic N) is 1. The van der Waals surface area contributed by atoms with Crippen LogP contribution in [0.1, 0.15) is 37.4 Å². The third-order valence-corrected chi connectivity index (χ3v) is 4.50. The smallest absolute Gasteiger partial charge is 0.267 e. The SMILES string of the molecule is CCOc1cccc(N2C(=O)c3c(C)sc(C)c3C2=O)c1. The Morgan fingerprint density at radius 2 is 1.71 bits per heavy atom. The van der Waals surface area contributed by atoms with Gasteiger partial charge in [0.1, 0.15) is 5.75 Å². The first-order valence-corrected chi connectivity index (χ1v) is 7.58. The molecule has 0 atom stereocenters. The van der Waals surface area contributed by atoms with E-state index in [2.05, 4.69) is 0 Å². The van der Waals surface area contributed by atoms with Crippen LogP contribution in [-0.4, -0.2) is 18.4 Å². The summed E-state index contributed by atoms with van der Waals surface area (Å²) >= 11 is 1.49. The van der Waals surface area contributed by atoms with Crippen molar-refractivity contribution >= 4 is 28.8 Å². The van der Waals surface area contributed by atoms with E-state index in [1.807, 2.05) is 26.8 Å². The van der Waals surface area contributed by atoms with Gasteiger partial charge in [0.25, 0.3) is 11.8 Å². The van der Waals surface area contributed by atoms with Crippen molar-refractivity contribution in [1.29, 1.82) is 0 Å². The van der Waals surface area contributed by atoms with Gasteiger partial charge >= 0.3 is 0 Å². The summed E-state index contributed by atoms with van der Waals surface area (Å²) in [6, 6.07) is 7.06. The summed E-state index contributed by atoms with van der Waals surface area (Å²) < 4.78 is 5.44. The van der Waals surface area contributed by atoms with Crippen LogP contribution < -0.4 is 9.64 Å². The fraction of sp³-hybridized carbons (Fsp3) is 0.250. The molecule has 0 saturated carbocycles. The second-order valence-electron chi connectivity index (χ2n) is 4.84. The number of fused-ring (bicyclic) bond motifs is 1. The lowest BCUT2D eigenvalue weighted by atomic mass is 10.1. The Morgan fingerprint density at radius 1 is 1.10 bits per heavy atom. The van der Waals surface area contributed by atoms with E-state index in [1.165, 1.54) is 16.2 Å². The molecule has 1 aliphatic heterocycles. The Bertz CT molecular complexity index is 711. The number of ether oxygens (including phenoxy) is 1. The van der Waals surface area contributed by atoms with Crippen molar-refractivity contribution in [2.24, 2.45) is 0 Å². The Labute approximate surface area is 127 Å². The molecule has 0 fully saturated rings. The summed E-state index contributed by atoms with van der Waals surface area (Å²) in [5.74, 6) is 0.162. The largest absolute Gasteiger partial charge is 0.494 e. The Hall–Kier alpha value is -2.14. The standard InChI is InChI=1S/C16H15NO3S/c1-4-20-12-7-5-6-11(8-12)17-15(18)13-9(2)21-10(3)14(13)16(17)19/h5-8H,4H2,1-3H3. The quantitative estimate of drug-likeness (QED) is 0.814. The molecule has 0 bridgehead atoms. The van der Waals surface area contributed by atoms with Crippen LogP contribution in [0.25, 0.3) is 0 Å². The maximum absolute atomic E-state index is 12.6. The second-order valence-corrected chi connectivity index (χ2v) is 6.27. The third kappa shape index (κ3) is 2.05. The van der Waals surface area contributed by atoms with E-state index in [9.17, 15) is 9.59 Å². The molecular weight excluding hydrogens is 286 g/mol. The molecule has 4 nitrogen and oxygen atoms in total. The van der Waals surface area contributed by atoms with Gasteiger partial charge < -0.3 is 4.74 Å². The van der Waals surface area contributed by atoms with Crippen molar-refractivity contribution in [3.05, 3.63) is 45.1 Å². The minimum Gasteiger partial charge on any atom is -0.494 e. The molecule has 0 radical (unpaired) electrons. The molecule has 2 aromatic rings. The van der Waals surface area contributed by atoms with Gasteiger partial charge in [-0.05, 0) is 32.9 Å². The van der Waals surface area contributed by atoms with E-state index >= 15 is 0 Å². The van der Waals surface area contributed by atoms with Crippen molar-refractivity contribution in [3.63, 3.8) is 0 Å². The highest BCUT2D eigenvalue weighted by Gasteiger charge is 2.40. The predicted molar refractivity (Wildman–Crippen MR) is 82.5 cm³/mol. The van der Waals surface area contributed by atoms with Gasteiger partial charge in [0.15, 0.2) is 0 Å². The van der Waals surface area contributed by atoms with Crippen LogP contribution in [-0.2, 0) is 0 Å². The van der Waals surface area contributed by atoms with Crippen LogP contribution in [0.3, 0.4) is 0 Å². The zero-order valence-electron chi connectivity index (χ0n) is 12.1. The summed E-state index contributed by atoms with van der Waals surface area (Å²) in [6.45, 7) is 6.18. The van der Waals surface area contributed by atoms with Gasteiger partial charge in [-0.2, -0.15) is 0 Å². The molecule has 0 aliphatic carbocycles. The zero-order valence-corrected chi connectivity index (χ0v) is 12.9. The molecule has 2 amide bonds. The van der Waals surface area contributed by atoms with Crippen LogP contribution in [0.2, 0.25) is 0 Å². The highest BCUT2D eigenvalue weighted by atomic mass is 32.1. The van der Waals surface area contributed by atoms with E-state index in [0.29, 0.717) is 29.2 Å². The van der Waals surface area contributed by atoms with Crippen molar-refractivity contribution in [3.8, 4) is 5.75 Å². The van der Waals surface area contributed by atoms with Gasteiger partial charge in [0.2, 0.25) is 0 Å². The number of amides is 2. The lowest BCUT2D eigenvalue weighted by Crippen LogP contribution is -2.29. The molecule has 0 unspecified atom stereocenters. The number of hydrogen-bond donors (Lipinski definition) is 0. The predicted octanol–water partition coefficient (Wildman–Crippen LogP) is 3.56. The number of hydrogen-bond acceptors (Lipinski definition) is 4. The molecule has 0 saturated heterocycles. The Balaban J connectivity index is 2.06. The summed E-state index contributed by atoms with van der Waals surface area (Å²) in [5.41, 5.74) is 1.64. The zero-order chi connectivity index (χ0) is 15.1. The van der Waals surface area contributed by atoms with Gasteiger partial charge in [-0.3, -0.25) is 9.59 Å². The summed E-state index contributed by atoms with van der Waals surface area (Å²) in [7, 11) is 0. The first-order valence-electron chi connectivity index (χ1n) is 6.76. The van der Waals surface area contributed by atoms with E-state index < -0.39 is 0 Å². The number of imide groups is 1. The minimum atomic E-state index is -0.245. The molecule has 0 N–H and O–H groups in total. The second kappa shape index (κ2) is 5.00. The van der Waals surface area contributed by atoms with Crippen LogP contribution in [0.15, 0.2) is 24.3 Å². The van der Waals surface area contributed by atoms with Crippen LogP contribution >= 0.6 is 11.3 Å². The highest BCUT2D eigenvalue weighted by Crippen LogP contribution is 2.37. The number of benzene rings is 1. The van der Waals surface area contributed by atoms with E-state index in [1.54, 1.807) is 18.2 Å². The average Bonchev–Trinajstić information content (AvgIpc) is 2.88. The maximum Gasteiger partial charge on any atom is 0.267 e. The molecule has 5 heteroatoms. The van der Waals surface area contributed by atoms with E-state index in [-0.39, 0.29) is 11.8 Å². The third-order valence-electron chi connectivity index (χ3n) is 3.48. The van der Waals surface area contributed by atoms with Crippen LogP contribution in [0, 0.1) is 13.8 Å². The number of thiophene rings is 1. The molecule has 3 rings (SSSR count). The van der Waals surface area contributed by atoms with Crippen molar-refractivity contribution in [1.82, 2.24) is 0 Å². The molecular formula is C16H15NO3S. The topological polar surface area (TPSA) is 46.6 Å². The molecule has 1 aromatic carbocycles. The molecule has 21 heavy (non-hydrogen) atoms. The number of carbonyl (C=O) groups excluding carboxylic acids is 2. The van der Waals surface area contributed by atoms with E-state index in [4.69, 9.17) is 4.74 Å². The minimum absolute atomic E-state index is 0.245. The number of rotatable bonds is 3. The Kier molecular flexibility index (Phi) is 3.29. The van der Waals surface area contributed by atoms with Crippen LogP contribution in [0.4, 0.5) is 5.69 Å². The fourth-order valence-corrected chi connectivity index (χ4v) is 3.67. The van der Waals surface area contributed by atoms with Crippen molar-refractivity contribution in [2.45, 2.75) is 20.8 Å². The fourth-order valence-electron chi connectivity index (χ4n) is 2.63. The normalized spacial score (nSPS) is 13.8. The number of aryl methyl sites for hydroxylation is 2. The highest BCUT2D eigenvalue weighted by molar-refractivity contribution is 7.12. The van der Waals surface area contributed by atoms with Gasteiger partial charge in [0.05, 0.1) is 23.4 Å². The molecule has 2 heterocycles. The lowest BCUT2D eigenvalue weighted by molar-refractivity contribution is 0.0926. The first kappa shape index (κ1) is 13.8. The first-order chi connectivity index (χ1) is 10.0. The summed E-state index contributed by atoms with van der Waals surface area (Å²) in [5, 5.41) is 0. The van der Waals surface area contributed by atoms with Crippen molar-refractivity contribution < 1.29 is 14.3 Å². The van der Waals surface area contributed by atoms with Gasteiger partial charge in [-0.25, -0.2) is 4.90 Å². The molecule has 108 valence electrons. The summed E-state index contributed by atoms with van der Waals surface area (Å²) in [6.07, 6.45) is 0. The van der Waals surface area contributed by atoms with Gasteiger partial charge in [-0.15, -0.1) is 11.3 Å². The lowest BCUT2D eigenvalue weighted by Gasteiger charge is -2.15. The van der Waals surface area contributed by atoms with E-state index in [0.717, 1.165) is 9.75 Å². The molecule has 1 aromatic heterocycles. The monoisotopic (exact) mass is 301 g/mol. The van der Waals surface area contributed by atoms with Crippen LogP contribution in [0.5, 0.6) is 5.75 Å². The van der Waals surface area contributed by atoms with Gasteiger partial charge in [0, 0.05) is 15.8 Å². The maximum atomic E-state index is 12.6.